The monoisotopic (exact) mass is 426 g/mol. The van der Waals surface area contributed by atoms with Crippen LogP contribution in [0.25, 0.3) is 10.9 Å². The van der Waals surface area contributed by atoms with Gasteiger partial charge in [-0.3, -0.25) is 19.3 Å². The summed E-state index contributed by atoms with van der Waals surface area (Å²) in [7, 11) is 0.330. The fourth-order valence-electron chi connectivity index (χ4n) is 4.91. The molecule has 0 spiro atoms. The molecule has 7 heteroatoms. The second-order valence-corrected chi connectivity index (χ2v) is 15.4. The Morgan fingerprint density at radius 1 is 1.17 bits per heavy atom. The van der Waals surface area contributed by atoms with Gasteiger partial charge < -0.3 is 9.30 Å². The Bertz CT molecular complexity index is 1040. The highest BCUT2D eigenvalue weighted by atomic mass is 28.3. The smallest absolute Gasteiger partial charge is 0.237 e. The predicted octanol–water partition coefficient (Wildman–Crippen LogP) is 3.41. The molecule has 1 saturated heterocycles. The fourth-order valence-corrected chi connectivity index (χ4v) is 5.66. The zero-order valence-corrected chi connectivity index (χ0v) is 19.4. The molecule has 3 atom stereocenters. The van der Waals surface area contributed by atoms with E-state index in [1.165, 1.54) is 18.9 Å². The van der Waals surface area contributed by atoms with Gasteiger partial charge in [0.15, 0.2) is 0 Å². The van der Waals surface area contributed by atoms with E-state index >= 15 is 0 Å². The van der Waals surface area contributed by atoms with Gasteiger partial charge in [-0.15, -0.1) is 0 Å². The van der Waals surface area contributed by atoms with Gasteiger partial charge in [0.1, 0.15) is 12.5 Å². The van der Waals surface area contributed by atoms with Crippen LogP contribution in [0, 0.1) is 11.8 Å². The van der Waals surface area contributed by atoms with Gasteiger partial charge in [0.05, 0.1) is 17.4 Å². The zero-order chi connectivity index (χ0) is 21.8. The topological polar surface area (TPSA) is 68.6 Å². The fraction of sp³-hybridized carbons (Fsp3) is 0.522. The number of ether oxygens (including phenoxy) is 1. The average Bonchev–Trinajstić information content (AvgIpc) is 3.11. The van der Waals surface area contributed by atoms with Gasteiger partial charge in [-0.1, -0.05) is 37.8 Å². The first-order valence-electron chi connectivity index (χ1n) is 10.6. The van der Waals surface area contributed by atoms with Crippen molar-refractivity contribution in [3.05, 3.63) is 35.5 Å². The zero-order valence-electron chi connectivity index (χ0n) is 18.4. The maximum absolute atomic E-state index is 13.1. The Labute approximate surface area is 178 Å². The minimum absolute atomic E-state index is 0.0384. The van der Waals surface area contributed by atoms with Crippen molar-refractivity contribution in [3.8, 4) is 0 Å². The Morgan fingerprint density at radius 3 is 2.53 bits per heavy atom. The summed E-state index contributed by atoms with van der Waals surface area (Å²) in [5, 5.41) is 0.981. The summed E-state index contributed by atoms with van der Waals surface area (Å²) in [4.78, 5) is 39.6. The molecule has 0 radical (unpaired) electrons. The van der Waals surface area contributed by atoms with Crippen LogP contribution in [0.5, 0.6) is 0 Å². The summed E-state index contributed by atoms with van der Waals surface area (Å²) in [6.45, 7) is 9.57. The molecule has 2 aliphatic rings. The molecule has 4 rings (SSSR count). The van der Waals surface area contributed by atoms with Crippen LogP contribution in [0.1, 0.15) is 24.1 Å². The summed E-state index contributed by atoms with van der Waals surface area (Å²) in [6, 6.07) is 9.04. The number of Topliss-reactive ketones (excluding diaryl/α,β-unsaturated/α-hetero) is 1. The molecule has 6 nitrogen and oxygen atoms in total. The Balaban J connectivity index is 1.80. The van der Waals surface area contributed by atoms with Crippen LogP contribution in [0.4, 0.5) is 0 Å². The van der Waals surface area contributed by atoms with Gasteiger partial charge in [-0.05, 0) is 31.0 Å². The molecule has 0 N–H and O–H groups in total. The van der Waals surface area contributed by atoms with E-state index in [1.807, 2.05) is 24.3 Å². The molecule has 160 valence electrons. The van der Waals surface area contributed by atoms with E-state index in [0.29, 0.717) is 19.8 Å². The average molecular weight is 427 g/mol. The summed E-state index contributed by atoms with van der Waals surface area (Å²) in [6.07, 6.45) is 0.463. The Kier molecular flexibility index (Phi) is 5.22. The van der Waals surface area contributed by atoms with Crippen LogP contribution >= 0.6 is 0 Å². The summed E-state index contributed by atoms with van der Waals surface area (Å²) >= 11 is 0. The number of carbonyl (C=O) groups excluding carboxylic acids is 3. The first-order chi connectivity index (χ1) is 14.1. The summed E-state index contributed by atoms with van der Waals surface area (Å²) in [5.41, 5.74) is 2.86. The number of imide groups is 1. The molecule has 30 heavy (non-hydrogen) atoms. The third-order valence-corrected chi connectivity index (χ3v) is 8.29. The standard InChI is InChI=1S/C23H30N2O4Si/c1-14(26)16-12-18-19(21-20(16)22(27)24(2)23(21)28)15-8-6-7-9-17(15)25(18)13-29-10-11-30(3,4)5/h6-9,16,20-21H,10-13H2,1-5H3/t16-,20-,21+/m0/s1. The van der Waals surface area contributed by atoms with Gasteiger partial charge >= 0.3 is 0 Å². The van der Waals surface area contributed by atoms with Crippen molar-refractivity contribution in [2.45, 2.75) is 51.7 Å². The molecule has 1 fully saturated rings. The van der Waals surface area contributed by atoms with E-state index in [9.17, 15) is 14.4 Å². The van der Waals surface area contributed by atoms with Crippen molar-refractivity contribution in [1.82, 2.24) is 9.47 Å². The summed E-state index contributed by atoms with van der Waals surface area (Å²) in [5.74, 6) is -2.15. The number of ketones is 1. The van der Waals surface area contributed by atoms with E-state index in [0.717, 1.165) is 28.2 Å². The number of fused-ring (bicyclic) bond motifs is 5. The van der Waals surface area contributed by atoms with Crippen molar-refractivity contribution in [2.24, 2.45) is 11.8 Å². The molecule has 2 aromatic rings. The number of rotatable bonds is 6. The molecular formula is C23H30N2O4Si. The molecule has 2 amide bonds. The van der Waals surface area contributed by atoms with Crippen LogP contribution in [-0.4, -0.2) is 48.8 Å². The second-order valence-electron chi connectivity index (χ2n) is 9.81. The van der Waals surface area contributed by atoms with Gasteiger partial charge in [-0.25, -0.2) is 0 Å². The minimum atomic E-state index is -1.20. The molecular weight excluding hydrogens is 396 g/mol. The lowest BCUT2D eigenvalue weighted by atomic mass is 9.70. The summed E-state index contributed by atoms with van der Waals surface area (Å²) < 4.78 is 8.16. The second kappa shape index (κ2) is 7.46. The van der Waals surface area contributed by atoms with Crippen molar-refractivity contribution < 1.29 is 19.1 Å². The first kappa shape index (κ1) is 21.0. The molecule has 1 aliphatic carbocycles. The number of likely N-dealkylation sites (tertiary alicyclic amines) is 1. The molecule has 1 aromatic carbocycles. The van der Waals surface area contributed by atoms with Crippen LogP contribution in [0.3, 0.4) is 0 Å². The van der Waals surface area contributed by atoms with Gasteiger partial charge in [-0.2, -0.15) is 0 Å². The highest BCUT2D eigenvalue weighted by Gasteiger charge is 2.55. The van der Waals surface area contributed by atoms with Gasteiger partial charge in [0, 0.05) is 38.7 Å². The van der Waals surface area contributed by atoms with Crippen molar-refractivity contribution in [3.63, 3.8) is 0 Å². The van der Waals surface area contributed by atoms with Crippen LogP contribution in [-0.2, 0) is 32.3 Å². The minimum Gasteiger partial charge on any atom is -0.361 e. The van der Waals surface area contributed by atoms with E-state index < -0.39 is 25.8 Å². The number of amides is 2. The lowest BCUT2D eigenvalue weighted by Gasteiger charge is -2.30. The highest BCUT2D eigenvalue weighted by molar-refractivity contribution is 6.76. The van der Waals surface area contributed by atoms with Crippen molar-refractivity contribution in [2.75, 3.05) is 13.7 Å². The van der Waals surface area contributed by atoms with Gasteiger partial charge in [0.25, 0.3) is 0 Å². The lowest BCUT2D eigenvalue weighted by Crippen LogP contribution is -2.37. The van der Waals surface area contributed by atoms with Crippen LogP contribution in [0.2, 0.25) is 25.7 Å². The number of nitrogens with zero attached hydrogens (tertiary/aromatic N) is 2. The largest absolute Gasteiger partial charge is 0.361 e. The maximum Gasteiger partial charge on any atom is 0.237 e. The van der Waals surface area contributed by atoms with Crippen molar-refractivity contribution in [1.29, 1.82) is 0 Å². The quantitative estimate of drug-likeness (QED) is 0.403. The van der Waals surface area contributed by atoms with Crippen LogP contribution < -0.4 is 0 Å². The van der Waals surface area contributed by atoms with E-state index in [1.54, 1.807) is 0 Å². The number of hydrogen-bond acceptors (Lipinski definition) is 4. The normalized spacial score (nSPS) is 23.8. The van der Waals surface area contributed by atoms with E-state index in [4.69, 9.17) is 4.74 Å². The van der Waals surface area contributed by atoms with E-state index in [-0.39, 0.29) is 17.6 Å². The SMILES string of the molecule is CC(=O)[C@@H]1Cc2c(c3ccccc3n2COCC[Si](C)(C)C)[C@H]2C(=O)N(C)C(=O)[C@H]21. The lowest BCUT2D eigenvalue weighted by molar-refractivity contribution is -0.139. The van der Waals surface area contributed by atoms with Gasteiger partial charge in [0.2, 0.25) is 11.8 Å². The molecule has 1 aliphatic heterocycles. The molecule has 0 unspecified atom stereocenters. The molecule has 0 bridgehead atoms. The molecule has 1 aromatic heterocycles. The number of likely N-dealkylation sites (N-methyl/N-ethyl adjacent to an activating group) is 1. The van der Waals surface area contributed by atoms with E-state index in [2.05, 4.69) is 24.2 Å². The maximum atomic E-state index is 13.1. The molecule has 2 heterocycles. The third-order valence-electron chi connectivity index (χ3n) is 6.59. The Morgan fingerprint density at radius 2 is 1.87 bits per heavy atom. The number of aromatic nitrogens is 1. The highest BCUT2D eigenvalue weighted by Crippen LogP contribution is 2.49. The Hall–Kier alpha value is -2.25. The van der Waals surface area contributed by atoms with Crippen molar-refractivity contribution >= 4 is 36.6 Å². The molecule has 0 saturated carbocycles. The first-order valence-corrected chi connectivity index (χ1v) is 14.3. The van der Waals surface area contributed by atoms with Crippen LogP contribution in [0.15, 0.2) is 24.3 Å². The number of benzene rings is 1. The number of hydrogen-bond donors (Lipinski definition) is 0. The third kappa shape index (κ3) is 3.34. The number of carbonyl (C=O) groups is 3. The predicted molar refractivity (Wildman–Crippen MR) is 118 cm³/mol. The number of para-hydroxylation sites is 1.